The third-order valence-corrected chi connectivity index (χ3v) is 1.94. The van der Waals surface area contributed by atoms with E-state index in [1.807, 2.05) is 18.3 Å². The van der Waals surface area contributed by atoms with Crippen LogP contribution < -0.4 is 5.32 Å². The van der Waals surface area contributed by atoms with Crippen LogP contribution in [0.1, 0.15) is 0 Å². The molecule has 1 N–H and O–H groups in total. The van der Waals surface area contributed by atoms with Gasteiger partial charge in [0.25, 0.3) is 0 Å². The molecule has 0 radical (unpaired) electrons. The standard InChI is InChI=1S/C7H11N3/c1-10-5-7-3-8-2-6(7)4-9-10/h4,8H,2-3,5H2,1H3. The SMILES string of the molecule is CN1CC2=C(C=N1)CNC2. The van der Waals surface area contributed by atoms with E-state index >= 15 is 0 Å². The summed E-state index contributed by atoms with van der Waals surface area (Å²) in [5.41, 5.74) is 2.88. The Bertz CT molecular complexity index is 205. The van der Waals surface area contributed by atoms with Crippen molar-refractivity contribution >= 4 is 6.21 Å². The smallest absolute Gasteiger partial charge is 0.0586 e. The molecule has 0 saturated heterocycles. The van der Waals surface area contributed by atoms with Crippen LogP contribution >= 0.6 is 0 Å². The van der Waals surface area contributed by atoms with Gasteiger partial charge in [0.05, 0.1) is 12.8 Å². The molecular weight excluding hydrogens is 126 g/mol. The van der Waals surface area contributed by atoms with Crippen molar-refractivity contribution in [3.63, 3.8) is 0 Å². The molecule has 0 aromatic carbocycles. The molecule has 54 valence electrons. The van der Waals surface area contributed by atoms with Gasteiger partial charge in [0.1, 0.15) is 0 Å². The first-order valence-electron chi connectivity index (χ1n) is 3.53. The molecule has 2 rings (SSSR count). The van der Waals surface area contributed by atoms with Gasteiger partial charge in [-0.3, -0.25) is 5.01 Å². The molecule has 0 aromatic rings. The number of hydrogen-bond donors (Lipinski definition) is 1. The topological polar surface area (TPSA) is 27.6 Å². The number of nitrogens with one attached hydrogen (secondary N) is 1. The molecule has 0 spiro atoms. The van der Waals surface area contributed by atoms with Crippen LogP contribution in [0, 0.1) is 0 Å². The molecule has 0 bridgehead atoms. The van der Waals surface area contributed by atoms with Crippen molar-refractivity contribution in [2.75, 3.05) is 26.7 Å². The predicted octanol–water partition coefficient (Wildman–Crippen LogP) is -0.183. The van der Waals surface area contributed by atoms with E-state index in [9.17, 15) is 0 Å². The van der Waals surface area contributed by atoms with Gasteiger partial charge in [-0.1, -0.05) is 0 Å². The van der Waals surface area contributed by atoms with Gasteiger partial charge in [-0.2, -0.15) is 5.10 Å². The van der Waals surface area contributed by atoms with Crippen LogP contribution in [-0.4, -0.2) is 37.9 Å². The van der Waals surface area contributed by atoms with E-state index in [4.69, 9.17) is 0 Å². The van der Waals surface area contributed by atoms with Crippen molar-refractivity contribution in [2.24, 2.45) is 5.10 Å². The molecule has 0 fully saturated rings. The van der Waals surface area contributed by atoms with Gasteiger partial charge in [-0.15, -0.1) is 0 Å². The summed E-state index contributed by atoms with van der Waals surface area (Å²) in [6.45, 7) is 3.05. The zero-order chi connectivity index (χ0) is 6.97. The maximum Gasteiger partial charge on any atom is 0.0586 e. The Balaban J connectivity index is 2.22. The molecule has 0 amide bonds. The molecule has 0 aliphatic carbocycles. The van der Waals surface area contributed by atoms with Crippen LogP contribution in [0.5, 0.6) is 0 Å². The first-order valence-corrected chi connectivity index (χ1v) is 3.53. The second-order valence-electron chi connectivity index (χ2n) is 2.79. The van der Waals surface area contributed by atoms with Crippen LogP contribution in [-0.2, 0) is 0 Å². The number of rotatable bonds is 0. The lowest BCUT2D eigenvalue weighted by Gasteiger charge is -2.17. The van der Waals surface area contributed by atoms with Crippen LogP contribution in [0.25, 0.3) is 0 Å². The lowest BCUT2D eigenvalue weighted by molar-refractivity contribution is 0.381. The van der Waals surface area contributed by atoms with Crippen molar-refractivity contribution in [2.45, 2.75) is 0 Å². The number of likely N-dealkylation sites (N-methyl/N-ethyl adjacent to an activating group) is 1. The van der Waals surface area contributed by atoms with Crippen LogP contribution in [0.3, 0.4) is 0 Å². The van der Waals surface area contributed by atoms with E-state index in [1.54, 1.807) is 0 Å². The van der Waals surface area contributed by atoms with Gasteiger partial charge in [-0.25, -0.2) is 0 Å². The van der Waals surface area contributed by atoms with Crippen LogP contribution in [0.2, 0.25) is 0 Å². The van der Waals surface area contributed by atoms with Gasteiger partial charge < -0.3 is 5.32 Å². The predicted molar refractivity (Wildman–Crippen MR) is 41.0 cm³/mol. The van der Waals surface area contributed by atoms with Crippen molar-refractivity contribution in [3.05, 3.63) is 11.1 Å². The first kappa shape index (κ1) is 5.92. The largest absolute Gasteiger partial charge is 0.309 e. The third-order valence-electron chi connectivity index (χ3n) is 1.94. The molecule has 0 saturated carbocycles. The Morgan fingerprint density at radius 3 is 3.40 bits per heavy atom. The van der Waals surface area contributed by atoms with Gasteiger partial charge in [0.2, 0.25) is 0 Å². The summed E-state index contributed by atoms with van der Waals surface area (Å²) in [5, 5.41) is 9.44. The van der Waals surface area contributed by atoms with Crippen LogP contribution in [0.4, 0.5) is 0 Å². The van der Waals surface area contributed by atoms with E-state index in [1.165, 1.54) is 11.1 Å². The average molecular weight is 137 g/mol. The summed E-state index contributed by atoms with van der Waals surface area (Å²) in [6, 6.07) is 0. The zero-order valence-corrected chi connectivity index (χ0v) is 6.09. The summed E-state index contributed by atoms with van der Waals surface area (Å²) < 4.78 is 0. The fourth-order valence-electron chi connectivity index (χ4n) is 1.37. The molecule has 0 unspecified atom stereocenters. The maximum atomic E-state index is 4.18. The minimum Gasteiger partial charge on any atom is -0.309 e. The second-order valence-corrected chi connectivity index (χ2v) is 2.79. The first-order chi connectivity index (χ1) is 4.86. The Kier molecular flexibility index (Phi) is 1.24. The zero-order valence-electron chi connectivity index (χ0n) is 6.09. The lowest BCUT2D eigenvalue weighted by atomic mass is 10.1. The fourth-order valence-corrected chi connectivity index (χ4v) is 1.37. The molecule has 2 heterocycles. The molecule has 0 aromatic heterocycles. The summed E-state index contributed by atoms with van der Waals surface area (Å²) in [5.74, 6) is 0. The van der Waals surface area contributed by atoms with Gasteiger partial charge in [0.15, 0.2) is 0 Å². The summed E-state index contributed by atoms with van der Waals surface area (Å²) in [4.78, 5) is 0. The number of hydrogen-bond acceptors (Lipinski definition) is 3. The number of nitrogens with zero attached hydrogens (tertiary/aromatic N) is 2. The summed E-state index contributed by atoms with van der Waals surface area (Å²) in [7, 11) is 2.00. The molecule has 2 aliphatic rings. The molecule has 3 heteroatoms. The summed E-state index contributed by atoms with van der Waals surface area (Å²) in [6.07, 6.45) is 1.96. The molecule has 3 nitrogen and oxygen atoms in total. The van der Waals surface area contributed by atoms with E-state index in [0.717, 1.165) is 19.6 Å². The van der Waals surface area contributed by atoms with Gasteiger partial charge in [-0.05, 0) is 11.1 Å². The highest BCUT2D eigenvalue weighted by molar-refractivity contribution is 5.82. The van der Waals surface area contributed by atoms with Gasteiger partial charge >= 0.3 is 0 Å². The second kappa shape index (κ2) is 2.09. The van der Waals surface area contributed by atoms with E-state index < -0.39 is 0 Å². The molecule has 2 aliphatic heterocycles. The van der Waals surface area contributed by atoms with E-state index in [-0.39, 0.29) is 0 Å². The Labute approximate surface area is 60.4 Å². The maximum absolute atomic E-state index is 4.18. The minimum absolute atomic E-state index is 0.999. The van der Waals surface area contributed by atoms with E-state index in [0.29, 0.717) is 0 Å². The normalized spacial score (nSPS) is 23.9. The monoisotopic (exact) mass is 137 g/mol. The highest BCUT2D eigenvalue weighted by Gasteiger charge is 2.16. The minimum atomic E-state index is 0.999. The average Bonchev–Trinajstić information content (AvgIpc) is 2.33. The Morgan fingerprint density at radius 1 is 1.60 bits per heavy atom. The highest BCUT2D eigenvalue weighted by Crippen LogP contribution is 2.12. The van der Waals surface area contributed by atoms with Crippen molar-refractivity contribution < 1.29 is 0 Å². The molecular formula is C7H11N3. The highest BCUT2D eigenvalue weighted by atomic mass is 15.4. The summed E-state index contributed by atoms with van der Waals surface area (Å²) >= 11 is 0. The fraction of sp³-hybridized carbons (Fsp3) is 0.571. The molecule has 0 atom stereocenters. The number of hydrazone groups is 1. The molecule has 10 heavy (non-hydrogen) atoms. The van der Waals surface area contributed by atoms with Crippen LogP contribution in [0.15, 0.2) is 16.2 Å². The van der Waals surface area contributed by atoms with Crippen molar-refractivity contribution in [3.8, 4) is 0 Å². The van der Waals surface area contributed by atoms with E-state index in [2.05, 4.69) is 10.4 Å². The Morgan fingerprint density at radius 2 is 2.50 bits per heavy atom. The Hall–Kier alpha value is -0.830. The van der Waals surface area contributed by atoms with Gasteiger partial charge in [0, 0.05) is 20.1 Å². The third kappa shape index (κ3) is 0.827. The van der Waals surface area contributed by atoms with Crippen molar-refractivity contribution in [1.29, 1.82) is 0 Å². The lowest BCUT2D eigenvalue weighted by Crippen LogP contribution is -2.20. The van der Waals surface area contributed by atoms with Crippen molar-refractivity contribution in [1.82, 2.24) is 10.3 Å². The quantitative estimate of drug-likeness (QED) is 0.501.